The molecule has 1 aliphatic heterocycles. The molecular formula is C22H25N3O2S. The Morgan fingerprint density at radius 3 is 2.54 bits per heavy atom. The number of rotatable bonds is 6. The fraction of sp³-hybridized carbons (Fsp3) is 0.409. The highest BCUT2D eigenvalue weighted by molar-refractivity contribution is 7.18. The van der Waals surface area contributed by atoms with Gasteiger partial charge in [0.05, 0.1) is 11.9 Å². The van der Waals surface area contributed by atoms with E-state index in [0.29, 0.717) is 23.6 Å². The predicted octanol–water partition coefficient (Wildman–Crippen LogP) is 5.29. The molecule has 5 nitrogen and oxygen atoms in total. The fourth-order valence-electron chi connectivity index (χ4n) is 3.56. The van der Waals surface area contributed by atoms with Crippen LogP contribution >= 0.6 is 11.3 Å². The van der Waals surface area contributed by atoms with Crippen LogP contribution in [0.2, 0.25) is 0 Å². The number of fused-ring (bicyclic) bond motifs is 1. The zero-order valence-corrected chi connectivity index (χ0v) is 17.4. The lowest BCUT2D eigenvalue weighted by atomic mass is 10.1. The first kappa shape index (κ1) is 19.0. The molecule has 0 amide bonds. The fourth-order valence-corrected chi connectivity index (χ4v) is 4.60. The second-order valence-electron chi connectivity index (χ2n) is 7.29. The molecular weight excluding hydrogens is 370 g/mol. The van der Waals surface area contributed by atoms with Crippen LogP contribution in [0, 0.1) is 13.8 Å². The summed E-state index contributed by atoms with van der Waals surface area (Å²) in [6.07, 6.45) is 2.98. The van der Waals surface area contributed by atoms with E-state index in [9.17, 15) is 4.79 Å². The van der Waals surface area contributed by atoms with Crippen LogP contribution in [-0.4, -0.2) is 33.7 Å². The highest BCUT2D eigenvalue weighted by atomic mass is 32.1. The molecule has 28 heavy (non-hydrogen) atoms. The van der Waals surface area contributed by atoms with Crippen LogP contribution in [0.25, 0.3) is 10.2 Å². The number of carbonyl (C=O) groups excluding carboxylic acids is 1. The van der Waals surface area contributed by atoms with E-state index in [-0.39, 0.29) is 5.78 Å². The highest BCUT2D eigenvalue weighted by Gasteiger charge is 2.19. The van der Waals surface area contributed by atoms with Crippen molar-refractivity contribution < 1.29 is 9.53 Å². The van der Waals surface area contributed by atoms with Crippen molar-refractivity contribution in [2.75, 3.05) is 13.1 Å². The van der Waals surface area contributed by atoms with Crippen LogP contribution in [0.3, 0.4) is 0 Å². The number of thiophene rings is 1. The molecule has 1 fully saturated rings. The lowest BCUT2D eigenvalue weighted by Crippen LogP contribution is -2.20. The Bertz CT molecular complexity index is 1000. The van der Waals surface area contributed by atoms with E-state index in [1.807, 2.05) is 31.2 Å². The van der Waals surface area contributed by atoms with Gasteiger partial charge in [0.2, 0.25) is 5.88 Å². The maximum Gasteiger partial charge on any atom is 0.231 e. The Morgan fingerprint density at radius 2 is 1.86 bits per heavy atom. The number of ketones is 1. The summed E-state index contributed by atoms with van der Waals surface area (Å²) in [5.74, 6) is 2.23. The van der Waals surface area contributed by atoms with Crippen LogP contribution in [-0.2, 0) is 6.54 Å². The van der Waals surface area contributed by atoms with E-state index in [0.717, 1.165) is 35.7 Å². The van der Waals surface area contributed by atoms with Crippen molar-refractivity contribution in [3.05, 3.63) is 46.1 Å². The minimum atomic E-state index is 0.133. The molecule has 0 radical (unpaired) electrons. The van der Waals surface area contributed by atoms with Crippen molar-refractivity contribution in [3.63, 3.8) is 0 Å². The molecule has 6 heteroatoms. The topological polar surface area (TPSA) is 55.3 Å². The monoisotopic (exact) mass is 395 g/mol. The van der Waals surface area contributed by atoms with Crippen LogP contribution < -0.4 is 4.74 Å². The smallest absolute Gasteiger partial charge is 0.231 e. The molecule has 0 atom stereocenters. The number of hydrogen-bond acceptors (Lipinski definition) is 6. The predicted molar refractivity (Wildman–Crippen MR) is 113 cm³/mol. The quantitative estimate of drug-likeness (QED) is 0.531. The van der Waals surface area contributed by atoms with Crippen molar-refractivity contribution in [1.29, 1.82) is 0 Å². The summed E-state index contributed by atoms with van der Waals surface area (Å²) < 4.78 is 6.19. The van der Waals surface area contributed by atoms with E-state index in [1.165, 1.54) is 23.3 Å². The van der Waals surface area contributed by atoms with Crippen molar-refractivity contribution >= 4 is 27.3 Å². The number of benzene rings is 1. The number of hydrogen-bond donors (Lipinski definition) is 0. The standard InChI is InChI=1S/C22H25N3O2S/c1-4-18(26)16-7-9-17(10-8-16)27-21-20-14(2)15(3)28-22(20)24-19(23-21)13-25-11-5-6-12-25/h7-10H,4-6,11-13H2,1-3H3. The summed E-state index contributed by atoms with van der Waals surface area (Å²) in [7, 11) is 0. The number of Topliss-reactive ketones (excluding diaryl/α,β-unsaturated/α-hetero) is 1. The summed E-state index contributed by atoms with van der Waals surface area (Å²) in [6.45, 7) is 9.03. The van der Waals surface area contributed by atoms with Gasteiger partial charge in [0, 0.05) is 16.9 Å². The summed E-state index contributed by atoms with van der Waals surface area (Å²) in [5.41, 5.74) is 1.88. The highest BCUT2D eigenvalue weighted by Crippen LogP contribution is 2.36. The number of ether oxygens (including phenoxy) is 1. The van der Waals surface area contributed by atoms with E-state index in [4.69, 9.17) is 14.7 Å². The zero-order chi connectivity index (χ0) is 19.7. The molecule has 0 bridgehead atoms. The lowest BCUT2D eigenvalue weighted by Gasteiger charge is -2.14. The van der Waals surface area contributed by atoms with Gasteiger partial charge in [-0.1, -0.05) is 6.92 Å². The minimum Gasteiger partial charge on any atom is -0.438 e. The molecule has 0 unspecified atom stereocenters. The SMILES string of the molecule is CCC(=O)c1ccc(Oc2nc(CN3CCCC3)nc3sc(C)c(C)c23)cc1. The number of likely N-dealkylation sites (tertiary alicyclic amines) is 1. The van der Waals surface area contributed by atoms with Crippen molar-refractivity contribution in [1.82, 2.24) is 14.9 Å². The first-order chi connectivity index (χ1) is 13.5. The molecule has 2 aromatic heterocycles. The molecule has 1 aromatic carbocycles. The number of nitrogens with zero attached hydrogens (tertiary/aromatic N) is 3. The lowest BCUT2D eigenvalue weighted by molar-refractivity contribution is 0.0988. The van der Waals surface area contributed by atoms with Gasteiger partial charge in [0.1, 0.15) is 16.4 Å². The second kappa shape index (κ2) is 7.97. The van der Waals surface area contributed by atoms with E-state index >= 15 is 0 Å². The van der Waals surface area contributed by atoms with Gasteiger partial charge in [-0.2, -0.15) is 4.98 Å². The molecule has 146 valence electrons. The first-order valence-corrected chi connectivity index (χ1v) is 10.7. The van der Waals surface area contributed by atoms with Crippen LogP contribution in [0.1, 0.15) is 52.8 Å². The number of aryl methyl sites for hydroxylation is 2. The zero-order valence-electron chi connectivity index (χ0n) is 16.6. The molecule has 0 saturated carbocycles. The third-order valence-corrected chi connectivity index (χ3v) is 6.42. The summed E-state index contributed by atoms with van der Waals surface area (Å²) in [6, 6.07) is 7.31. The second-order valence-corrected chi connectivity index (χ2v) is 8.50. The molecule has 4 rings (SSSR count). The van der Waals surface area contributed by atoms with E-state index < -0.39 is 0 Å². The van der Waals surface area contributed by atoms with Gasteiger partial charge in [0.25, 0.3) is 0 Å². The van der Waals surface area contributed by atoms with Crippen LogP contribution in [0.5, 0.6) is 11.6 Å². The molecule has 0 aliphatic carbocycles. The molecule has 0 spiro atoms. The maximum atomic E-state index is 11.8. The van der Waals surface area contributed by atoms with Gasteiger partial charge in [0.15, 0.2) is 5.78 Å². The Labute approximate surface area is 169 Å². The van der Waals surface area contributed by atoms with Crippen LogP contribution in [0.4, 0.5) is 0 Å². The van der Waals surface area contributed by atoms with Gasteiger partial charge < -0.3 is 4.74 Å². The Balaban J connectivity index is 1.68. The molecule has 1 saturated heterocycles. The van der Waals surface area contributed by atoms with E-state index in [2.05, 4.69) is 18.7 Å². The summed E-state index contributed by atoms with van der Waals surface area (Å²) >= 11 is 1.69. The Morgan fingerprint density at radius 1 is 1.14 bits per heavy atom. The van der Waals surface area contributed by atoms with E-state index in [1.54, 1.807) is 11.3 Å². The van der Waals surface area contributed by atoms with Crippen LogP contribution in [0.15, 0.2) is 24.3 Å². The molecule has 3 aromatic rings. The maximum absolute atomic E-state index is 11.8. The Hall–Kier alpha value is -2.31. The van der Waals surface area contributed by atoms with Crippen molar-refractivity contribution in [2.24, 2.45) is 0 Å². The minimum absolute atomic E-state index is 0.133. The third-order valence-electron chi connectivity index (χ3n) is 5.32. The normalized spacial score (nSPS) is 14.7. The average molecular weight is 396 g/mol. The molecule has 3 heterocycles. The Kier molecular flexibility index (Phi) is 5.42. The summed E-state index contributed by atoms with van der Waals surface area (Å²) in [5, 5.41) is 0.987. The number of aromatic nitrogens is 2. The van der Waals surface area contributed by atoms with Gasteiger partial charge in [-0.05, 0) is 69.6 Å². The van der Waals surface area contributed by atoms with Gasteiger partial charge >= 0.3 is 0 Å². The van der Waals surface area contributed by atoms with Gasteiger partial charge in [-0.3, -0.25) is 9.69 Å². The average Bonchev–Trinajstić information content (AvgIpc) is 3.30. The van der Waals surface area contributed by atoms with Crippen molar-refractivity contribution in [2.45, 2.75) is 46.6 Å². The molecule has 1 aliphatic rings. The van der Waals surface area contributed by atoms with Gasteiger partial charge in [-0.25, -0.2) is 4.98 Å². The van der Waals surface area contributed by atoms with Gasteiger partial charge in [-0.15, -0.1) is 11.3 Å². The van der Waals surface area contributed by atoms with Crippen molar-refractivity contribution in [3.8, 4) is 11.6 Å². The first-order valence-electron chi connectivity index (χ1n) is 9.85. The largest absolute Gasteiger partial charge is 0.438 e. The number of carbonyl (C=O) groups is 1. The summed E-state index contributed by atoms with van der Waals surface area (Å²) in [4.78, 5) is 26.0. The molecule has 0 N–H and O–H groups in total. The third kappa shape index (κ3) is 3.80.